The van der Waals surface area contributed by atoms with E-state index in [9.17, 15) is 14.4 Å². The second kappa shape index (κ2) is 5.88. The minimum Gasteiger partial charge on any atom is -0.468 e. The summed E-state index contributed by atoms with van der Waals surface area (Å²) in [6, 6.07) is 9.10. The lowest BCUT2D eigenvalue weighted by atomic mass is 10.2. The van der Waals surface area contributed by atoms with E-state index in [4.69, 9.17) is 14.2 Å². The molecule has 0 N–H and O–H groups in total. The average Bonchev–Trinajstić information content (AvgIpc) is 2.78. The van der Waals surface area contributed by atoms with Gasteiger partial charge >= 0.3 is 6.16 Å². The van der Waals surface area contributed by atoms with Crippen molar-refractivity contribution in [2.75, 3.05) is 0 Å². The number of rotatable bonds is 5. The number of benzene rings is 1. The van der Waals surface area contributed by atoms with Gasteiger partial charge in [-0.25, -0.2) is 9.69 Å². The van der Waals surface area contributed by atoms with E-state index in [-0.39, 0.29) is 37.0 Å². The van der Waals surface area contributed by atoms with Crippen molar-refractivity contribution in [3.63, 3.8) is 0 Å². The lowest BCUT2D eigenvalue weighted by Gasteiger charge is -2.32. The van der Waals surface area contributed by atoms with Crippen LogP contribution in [0.5, 0.6) is 0 Å². The first kappa shape index (κ1) is 14.1. The van der Waals surface area contributed by atoms with Gasteiger partial charge in [0, 0.05) is 0 Å². The van der Waals surface area contributed by atoms with Crippen molar-refractivity contribution in [1.82, 2.24) is 4.90 Å². The molecule has 3 rings (SSSR count). The highest BCUT2D eigenvalue weighted by atomic mass is 16.7. The summed E-state index contributed by atoms with van der Waals surface area (Å²) in [7, 11) is 0. The van der Waals surface area contributed by atoms with E-state index in [1.807, 2.05) is 18.2 Å². The van der Waals surface area contributed by atoms with Gasteiger partial charge in [-0.05, 0) is 5.56 Å². The van der Waals surface area contributed by atoms with Crippen molar-refractivity contribution in [2.24, 2.45) is 0 Å². The molecule has 2 heterocycles. The normalized spacial score (nSPS) is 19.2. The number of hydrogen-bond acceptors (Lipinski definition) is 6. The van der Waals surface area contributed by atoms with Gasteiger partial charge in [-0.1, -0.05) is 30.3 Å². The van der Waals surface area contributed by atoms with Gasteiger partial charge in [0.2, 0.25) is 5.91 Å². The summed E-state index contributed by atoms with van der Waals surface area (Å²) in [6.45, 7) is 0.0498. The van der Waals surface area contributed by atoms with Gasteiger partial charge in [0.1, 0.15) is 12.9 Å². The van der Waals surface area contributed by atoms with Crippen LogP contribution < -0.4 is 0 Å². The van der Waals surface area contributed by atoms with Crippen LogP contribution in [0.15, 0.2) is 42.0 Å². The summed E-state index contributed by atoms with van der Waals surface area (Å²) in [5, 5.41) is 0. The van der Waals surface area contributed by atoms with E-state index >= 15 is 0 Å². The first-order chi connectivity index (χ1) is 10.7. The number of β-lactam (4-membered cyclic amide) rings is 1. The van der Waals surface area contributed by atoms with Gasteiger partial charge in [-0.3, -0.25) is 4.79 Å². The Balaban J connectivity index is 1.62. The molecule has 7 nitrogen and oxygen atoms in total. The van der Waals surface area contributed by atoms with Crippen LogP contribution in [0.4, 0.5) is 4.79 Å². The lowest BCUT2D eigenvalue weighted by Crippen LogP contribution is -2.49. The molecule has 0 bridgehead atoms. The Bertz CT molecular complexity index is 639. The quantitative estimate of drug-likeness (QED) is 0.467. The molecule has 0 saturated carbocycles. The molecule has 0 spiro atoms. The highest BCUT2D eigenvalue weighted by molar-refractivity contribution is 5.85. The zero-order chi connectivity index (χ0) is 15.5. The van der Waals surface area contributed by atoms with E-state index in [0.717, 1.165) is 5.56 Å². The first-order valence-electron chi connectivity index (χ1n) is 6.73. The Morgan fingerprint density at radius 3 is 2.82 bits per heavy atom. The van der Waals surface area contributed by atoms with Gasteiger partial charge in [0.25, 0.3) is 5.88 Å². The van der Waals surface area contributed by atoms with E-state index in [1.165, 1.54) is 4.90 Å². The number of ether oxygens (including phenoxy) is 3. The molecular weight excluding hydrogens is 290 g/mol. The predicted molar refractivity (Wildman–Crippen MR) is 71.8 cm³/mol. The van der Waals surface area contributed by atoms with Gasteiger partial charge in [-0.2, -0.15) is 0 Å². The van der Waals surface area contributed by atoms with Gasteiger partial charge in [-0.15, -0.1) is 0 Å². The third kappa shape index (κ3) is 2.65. The van der Waals surface area contributed by atoms with E-state index in [0.29, 0.717) is 6.29 Å². The zero-order valence-electron chi connectivity index (χ0n) is 11.6. The molecule has 1 aromatic rings. The van der Waals surface area contributed by atoms with E-state index in [2.05, 4.69) is 0 Å². The molecule has 0 aromatic heterocycles. The minimum atomic E-state index is -0.953. The number of carbonyl (C=O) groups is 3. The molecule has 0 unspecified atom stereocenters. The largest absolute Gasteiger partial charge is 0.515 e. The first-order valence-corrected chi connectivity index (χ1v) is 6.73. The molecule has 1 saturated heterocycles. The van der Waals surface area contributed by atoms with Crippen LogP contribution in [0.25, 0.3) is 0 Å². The molecule has 1 fully saturated rings. The number of nitrogens with zero attached hydrogens (tertiary/aromatic N) is 1. The summed E-state index contributed by atoms with van der Waals surface area (Å²) in [5.41, 5.74) is 0.808. The fourth-order valence-electron chi connectivity index (χ4n) is 2.22. The summed E-state index contributed by atoms with van der Waals surface area (Å²) >= 11 is 0. The Morgan fingerprint density at radius 2 is 2.14 bits per heavy atom. The van der Waals surface area contributed by atoms with E-state index < -0.39 is 12.4 Å². The standard InChI is InChI=1S/C15H13NO6/c17-7-6-11-14(16-12(18)8-13(16)21-11)22-15(19)20-9-10-4-2-1-3-5-10/h1-5,7,13H,6,8-9H2/t13-/m1/s1. The average molecular weight is 303 g/mol. The van der Waals surface area contributed by atoms with Crippen molar-refractivity contribution in [3.8, 4) is 0 Å². The molecule has 1 amide bonds. The number of carbonyl (C=O) groups excluding carboxylic acids is 3. The Morgan fingerprint density at radius 1 is 1.36 bits per heavy atom. The topological polar surface area (TPSA) is 82.1 Å². The van der Waals surface area contributed by atoms with Crippen molar-refractivity contribution in [2.45, 2.75) is 25.7 Å². The maximum atomic E-state index is 11.7. The van der Waals surface area contributed by atoms with Crippen LogP contribution in [-0.2, 0) is 30.4 Å². The van der Waals surface area contributed by atoms with Crippen LogP contribution in [0.1, 0.15) is 18.4 Å². The Kier molecular flexibility index (Phi) is 3.78. The Labute approximate surface area is 126 Å². The van der Waals surface area contributed by atoms with Crippen LogP contribution in [-0.4, -0.2) is 29.5 Å². The van der Waals surface area contributed by atoms with Crippen molar-refractivity contribution < 1.29 is 28.6 Å². The molecule has 0 aliphatic carbocycles. The molecule has 114 valence electrons. The smallest absolute Gasteiger partial charge is 0.468 e. The Hall–Kier alpha value is -2.83. The summed E-state index contributed by atoms with van der Waals surface area (Å²) in [6.07, 6.45) is -0.689. The summed E-state index contributed by atoms with van der Waals surface area (Å²) in [4.78, 5) is 35.1. The fraction of sp³-hybridized carbons (Fsp3) is 0.267. The fourth-order valence-corrected chi connectivity index (χ4v) is 2.22. The van der Waals surface area contributed by atoms with Crippen molar-refractivity contribution in [1.29, 1.82) is 0 Å². The lowest BCUT2D eigenvalue weighted by molar-refractivity contribution is -0.157. The highest BCUT2D eigenvalue weighted by Crippen LogP contribution is 2.37. The van der Waals surface area contributed by atoms with Gasteiger partial charge in [0.05, 0.1) is 12.8 Å². The highest BCUT2D eigenvalue weighted by Gasteiger charge is 2.49. The number of hydrogen-bond donors (Lipinski definition) is 0. The van der Waals surface area contributed by atoms with Crippen LogP contribution in [0, 0.1) is 0 Å². The monoisotopic (exact) mass is 303 g/mol. The molecule has 1 aromatic carbocycles. The summed E-state index contributed by atoms with van der Waals surface area (Å²) in [5.74, 6) is -0.106. The number of aldehydes is 1. The van der Waals surface area contributed by atoms with Crippen molar-refractivity contribution in [3.05, 3.63) is 47.5 Å². The predicted octanol–water partition coefficient (Wildman–Crippen LogP) is 1.69. The SMILES string of the molecule is O=CCC1=C(OC(=O)OCc2ccccc2)N2C(=O)C[C@H]2O1. The second-order valence-corrected chi connectivity index (χ2v) is 4.77. The van der Waals surface area contributed by atoms with Crippen LogP contribution >= 0.6 is 0 Å². The third-order valence-electron chi connectivity index (χ3n) is 3.29. The van der Waals surface area contributed by atoms with Crippen molar-refractivity contribution >= 4 is 18.3 Å². The van der Waals surface area contributed by atoms with Gasteiger partial charge in [0.15, 0.2) is 12.0 Å². The second-order valence-electron chi connectivity index (χ2n) is 4.77. The molecular formula is C15H13NO6. The number of allylic oxidation sites excluding steroid dienone is 1. The van der Waals surface area contributed by atoms with Gasteiger partial charge < -0.3 is 19.0 Å². The van der Waals surface area contributed by atoms with Crippen LogP contribution in [0.3, 0.4) is 0 Å². The molecule has 22 heavy (non-hydrogen) atoms. The molecule has 2 aliphatic heterocycles. The zero-order valence-corrected chi connectivity index (χ0v) is 11.6. The van der Waals surface area contributed by atoms with E-state index in [1.54, 1.807) is 12.1 Å². The number of fused-ring (bicyclic) bond motifs is 1. The summed E-state index contributed by atoms with van der Waals surface area (Å²) < 4.78 is 15.4. The molecule has 7 heteroatoms. The van der Waals surface area contributed by atoms with Crippen LogP contribution in [0.2, 0.25) is 0 Å². The molecule has 1 atom stereocenters. The maximum absolute atomic E-state index is 11.7. The minimum absolute atomic E-state index is 0.0496. The third-order valence-corrected chi connectivity index (χ3v) is 3.29. The molecule has 2 aliphatic rings. The number of amides is 1. The maximum Gasteiger partial charge on any atom is 0.515 e. The molecule has 0 radical (unpaired) electrons.